The van der Waals surface area contributed by atoms with Gasteiger partial charge in [0, 0.05) is 13.2 Å². The monoisotopic (exact) mass is 287 g/mol. The topological polar surface area (TPSA) is 75.6 Å². The molecular formula is C13H21NO4S. The number of methoxy groups -OCH3 is 1. The van der Waals surface area contributed by atoms with Crippen LogP contribution in [0.15, 0.2) is 23.1 Å². The van der Waals surface area contributed by atoms with Gasteiger partial charge >= 0.3 is 0 Å². The van der Waals surface area contributed by atoms with Gasteiger partial charge in [-0.25, -0.2) is 13.1 Å². The van der Waals surface area contributed by atoms with E-state index in [4.69, 9.17) is 9.84 Å². The van der Waals surface area contributed by atoms with Crippen LogP contribution in [0.5, 0.6) is 5.75 Å². The lowest BCUT2D eigenvalue weighted by Crippen LogP contribution is -2.25. The molecule has 1 rings (SSSR count). The Morgan fingerprint density at radius 1 is 1.26 bits per heavy atom. The number of unbranched alkanes of at least 4 members (excludes halogenated alkanes) is 2. The Morgan fingerprint density at radius 3 is 2.63 bits per heavy atom. The molecular weight excluding hydrogens is 266 g/mol. The van der Waals surface area contributed by atoms with Gasteiger partial charge in [-0.3, -0.25) is 0 Å². The van der Waals surface area contributed by atoms with Crippen molar-refractivity contribution >= 4 is 10.0 Å². The number of aliphatic hydroxyl groups is 1. The Hall–Kier alpha value is -1.11. The van der Waals surface area contributed by atoms with E-state index in [0.717, 1.165) is 12.0 Å². The molecule has 108 valence electrons. The number of aliphatic hydroxyl groups excluding tert-OH is 1. The van der Waals surface area contributed by atoms with Crippen LogP contribution in [0, 0.1) is 6.92 Å². The molecule has 0 aliphatic carbocycles. The van der Waals surface area contributed by atoms with Gasteiger partial charge in [-0.05, 0) is 43.9 Å². The lowest BCUT2D eigenvalue weighted by molar-refractivity contribution is 0.283. The van der Waals surface area contributed by atoms with Crippen LogP contribution in [0.2, 0.25) is 0 Å². The molecule has 0 saturated heterocycles. The minimum Gasteiger partial charge on any atom is -0.495 e. The molecule has 0 aliphatic heterocycles. The SMILES string of the molecule is COc1ccc(C)cc1S(=O)(=O)NCCCCCO. The van der Waals surface area contributed by atoms with Crippen molar-refractivity contribution in [1.82, 2.24) is 4.72 Å². The van der Waals surface area contributed by atoms with Crippen molar-refractivity contribution in [2.75, 3.05) is 20.3 Å². The molecule has 0 amide bonds. The van der Waals surface area contributed by atoms with Crippen molar-refractivity contribution in [2.24, 2.45) is 0 Å². The summed E-state index contributed by atoms with van der Waals surface area (Å²) in [5.74, 6) is 0.341. The third-order valence-corrected chi connectivity index (χ3v) is 4.22. The van der Waals surface area contributed by atoms with Crippen molar-refractivity contribution in [2.45, 2.75) is 31.1 Å². The number of ether oxygens (including phenoxy) is 1. The van der Waals surface area contributed by atoms with Crippen LogP contribution >= 0.6 is 0 Å². The third kappa shape index (κ3) is 4.81. The summed E-state index contributed by atoms with van der Waals surface area (Å²) in [5, 5.41) is 8.65. The average molecular weight is 287 g/mol. The third-order valence-electron chi connectivity index (χ3n) is 2.74. The second-order valence-corrected chi connectivity index (χ2v) is 6.07. The maximum atomic E-state index is 12.2. The molecule has 0 atom stereocenters. The van der Waals surface area contributed by atoms with E-state index in [1.807, 2.05) is 6.92 Å². The Kier molecular flexibility index (Phi) is 6.27. The summed E-state index contributed by atoms with van der Waals surface area (Å²) >= 11 is 0. The first kappa shape index (κ1) is 15.9. The second-order valence-electron chi connectivity index (χ2n) is 4.34. The molecule has 0 heterocycles. The van der Waals surface area contributed by atoms with Crippen molar-refractivity contribution in [3.05, 3.63) is 23.8 Å². The average Bonchev–Trinajstić information content (AvgIpc) is 2.38. The van der Waals surface area contributed by atoms with Crippen LogP contribution in [0.3, 0.4) is 0 Å². The van der Waals surface area contributed by atoms with E-state index in [1.165, 1.54) is 7.11 Å². The van der Waals surface area contributed by atoms with E-state index in [2.05, 4.69) is 4.72 Å². The molecule has 6 heteroatoms. The number of benzene rings is 1. The van der Waals surface area contributed by atoms with E-state index in [-0.39, 0.29) is 11.5 Å². The van der Waals surface area contributed by atoms with Crippen molar-refractivity contribution < 1.29 is 18.3 Å². The summed E-state index contributed by atoms with van der Waals surface area (Å²) in [5.41, 5.74) is 0.862. The van der Waals surface area contributed by atoms with Gasteiger partial charge in [-0.15, -0.1) is 0 Å². The highest BCUT2D eigenvalue weighted by Gasteiger charge is 2.18. The lowest BCUT2D eigenvalue weighted by atomic mass is 10.2. The van der Waals surface area contributed by atoms with Gasteiger partial charge in [-0.2, -0.15) is 0 Å². The first-order valence-electron chi connectivity index (χ1n) is 6.26. The zero-order valence-corrected chi connectivity index (χ0v) is 12.2. The highest BCUT2D eigenvalue weighted by molar-refractivity contribution is 7.89. The van der Waals surface area contributed by atoms with Gasteiger partial charge in [0.1, 0.15) is 10.6 Å². The molecule has 0 spiro atoms. The number of nitrogens with one attached hydrogen (secondary N) is 1. The molecule has 1 aromatic carbocycles. The molecule has 19 heavy (non-hydrogen) atoms. The first-order valence-corrected chi connectivity index (χ1v) is 7.74. The van der Waals surface area contributed by atoms with Crippen LogP contribution in [0.1, 0.15) is 24.8 Å². The summed E-state index contributed by atoms with van der Waals surface area (Å²) < 4.78 is 31.9. The fourth-order valence-electron chi connectivity index (χ4n) is 1.69. The molecule has 0 aliphatic rings. The first-order chi connectivity index (χ1) is 9.01. The maximum Gasteiger partial charge on any atom is 0.244 e. The summed E-state index contributed by atoms with van der Waals surface area (Å²) in [6.07, 6.45) is 2.19. The molecule has 1 aromatic rings. The predicted molar refractivity (Wildman–Crippen MR) is 73.9 cm³/mol. The quantitative estimate of drug-likeness (QED) is 0.710. The van der Waals surface area contributed by atoms with E-state index in [1.54, 1.807) is 18.2 Å². The second kappa shape index (κ2) is 7.47. The lowest BCUT2D eigenvalue weighted by Gasteiger charge is -2.11. The molecule has 0 saturated carbocycles. The van der Waals surface area contributed by atoms with Crippen LogP contribution in [0.25, 0.3) is 0 Å². The molecule has 2 N–H and O–H groups in total. The zero-order valence-electron chi connectivity index (χ0n) is 11.3. The standard InChI is InChI=1S/C13H21NO4S/c1-11-6-7-12(18-2)13(10-11)19(16,17)14-8-4-3-5-9-15/h6-7,10,14-15H,3-5,8-9H2,1-2H3. The number of sulfonamides is 1. The Balaban J connectivity index is 2.74. The van der Waals surface area contributed by atoms with Crippen LogP contribution in [0.4, 0.5) is 0 Å². The van der Waals surface area contributed by atoms with Crippen molar-refractivity contribution in [1.29, 1.82) is 0 Å². The normalized spacial score (nSPS) is 11.5. The van der Waals surface area contributed by atoms with Crippen molar-refractivity contribution in [3.8, 4) is 5.75 Å². The highest BCUT2D eigenvalue weighted by atomic mass is 32.2. The van der Waals surface area contributed by atoms with Gasteiger partial charge in [0.2, 0.25) is 10.0 Å². The number of rotatable bonds is 8. The molecule has 5 nitrogen and oxygen atoms in total. The van der Waals surface area contributed by atoms with Gasteiger partial charge in [0.25, 0.3) is 0 Å². The molecule has 0 radical (unpaired) electrons. The maximum absolute atomic E-state index is 12.2. The Morgan fingerprint density at radius 2 is 2.00 bits per heavy atom. The predicted octanol–water partition coefficient (Wildman–Crippen LogP) is 1.44. The van der Waals surface area contributed by atoms with Crippen LogP contribution < -0.4 is 9.46 Å². The fourth-order valence-corrected chi connectivity index (χ4v) is 3.02. The van der Waals surface area contributed by atoms with Crippen LogP contribution in [-0.4, -0.2) is 33.8 Å². The van der Waals surface area contributed by atoms with Crippen molar-refractivity contribution in [3.63, 3.8) is 0 Å². The molecule has 0 aromatic heterocycles. The molecule has 0 bridgehead atoms. The minimum atomic E-state index is -3.55. The van der Waals surface area contributed by atoms with E-state index in [9.17, 15) is 8.42 Å². The number of hydrogen-bond acceptors (Lipinski definition) is 4. The summed E-state index contributed by atoms with van der Waals surface area (Å²) in [6.45, 7) is 2.33. The van der Waals surface area contributed by atoms with Gasteiger partial charge in [0.15, 0.2) is 0 Å². The zero-order chi connectivity index (χ0) is 14.3. The summed E-state index contributed by atoms with van der Waals surface area (Å²) in [7, 11) is -2.10. The highest BCUT2D eigenvalue weighted by Crippen LogP contribution is 2.24. The van der Waals surface area contributed by atoms with E-state index < -0.39 is 10.0 Å². The summed E-state index contributed by atoms with van der Waals surface area (Å²) in [6, 6.07) is 5.05. The van der Waals surface area contributed by atoms with Gasteiger partial charge in [0.05, 0.1) is 7.11 Å². The van der Waals surface area contributed by atoms with Gasteiger partial charge in [-0.1, -0.05) is 6.07 Å². The number of aryl methyl sites for hydroxylation is 1. The minimum absolute atomic E-state index is 0.137. The van der Waals surface area contributed by atoms with Crippen LogP contribution in [-0.2, 0) is 10.0 Å². The van der Waals surface area contributed by atoms with E-state index in [0.29, 0.717) is 25.1 Å². The molecule has 0 unspecified atom stereocenters. The molecule has 0 fully saturated rings. The Bertz CT molecular complexity index is 499. The Labute approximate surface area is 114 Å². The fraction of sp³-hybridized carbons (Fsp3) is 0.538. The smallest absolute Gasteiger partial charge is 0.244 e. The van der Waals surface area contributed by atoms with Gasteiger partial charge < -0.3 is 9.84 Å². The summed E-state index contributed by atoms with van der Waals surface area (Å²) in [4.78, 5) is 0.164. The number of hydrogen-bond donors (Lipinski definition) is 2. The largest absolute Gasteiger partial charge is 0.495 e. The van der Waals surface area contributed by atoms with E-state index >= 15 is 0 Å².